The standard InChI is InChI=1S/C23H27IN6O/c1-30(2)21-19-5-3-4-6-20(19)28-22(29-21)25-16-11-13-18(14-12-16)27-23(31)26-17-9-7-15(24)8-10-17/h3-10,16,18H,11-14H2,1-2H3,(H,25,28,29)(H2,26,27,31). The fourth-order valence-electron chi connectivity index (χ4n) is 3.92. The third-order valence-corrected chi connectivity index (χ3v) is 6.22. The fourth-order valence-corrected chi connectivity index (χ4v) is 4.28. The molecule has 1 heterocycles. The van der Waals surface area contributed by atoms with E-state index in [9.17, 15) is 4.79 Å². The second-order valence-electron chi connectivity index (χ2n) is 8.08. The summed E-state index contributed by atoms with van der Waals surface area (Å²) in [4.78, 5) is 23.8. The highest BCUT2D eigenvalue weighted by molar-refractivity contribution is 14.1. The zero-order valence-corrected chi connectivity index (χ0v) is 19.9. The number of fused-ring (bicyclic) bond motifs is 1. The Bertz CT molecular complexity index is 1050. The monoisotopic (exact) mass is 530 g/mol. The molecule has 1 aromatic heterocycles. The highest BCUT2D eigenvalue weighted by Crippen LogP contribution is 2.26. The molecular formula is C23H27IN6O. The Morgan fingerprint density at radius 1 is 0.968 bits per heavy atom. The molecule has 0 bridgehead atoms. The summed E-state index contributed by atoms with van der Waals surface area (Å²) in [5.74, 6) is 1.57. The average molecular weight is 530 g/mol. The lowest BCUT2D eigenvalue weighted by Crippen LogP contribution is -2.42. The molecule has 1 saturated carbocycles. The number of hydrogen-bond donors (Lipinski definition) is 3. The van der Waals surface area contributed by atoms with Crippen molar-refractivity contribution in [1.29, 1.82) is 0 Å². The first-order valence-corrected chi connectivity index (χ1v) is 11.6. The molecule has 0 unspecified atom stereocenters. The van der Waals surface area contributed by atoms with E-state index in [2.05, 4.69) is 38.5 Å². The highest BCUT2D eigenvalue weighted by atomic mass is 127. The van der Waals surface area contributed by atoms with Gasteiger partial charge in [-0.05, 0) is 84.7 Å². The molecule has 2 aromatic carbocycles. The van der Waals surface area contributed by atoms with Crippen molar-refractivity contribution in [3.8, 4) is 0 Å². The number of anilines is 3. The summed E-state index contributed by atoms with van der Waals surface area (Å²) in [6, 6.07) is 16.2. The molecule has 1 aliphatic carbocycles. The van der Waals surface area contributed by atoms with Gasteiger partial charge in [-0.1, -0.05) is 12.1 Å². The number of carbonyl (C=O) groups is 1. The van der Waals surface area contributed by atoms with Crippen LogP contribution in [0.3, 0.4) is 0 Å². The van der Waals surface area contributed by atoms with Crippen molar-refractivity contribution in [2.75, 3.05) is 29.6 Å². The van der Waals surface area contributed by atoms with Crippen molar-refractivity contribution >= 4 is 57.0 Å². The quantitative estimate of drug-likeness (QED) is 0.412. The molecule has 4 rings (SSSR count). The lowest BCUT2D eigenvalue weighted by atomic mass is 9.91. The minimum absolute atomic E-state index is 0.147. The number of nitrogens with zero attached hydrogens (tertiary/aromatic N) is 3. The van der Waals surface area contributed by atoms with Crippen molar-refractivity contribution in [2.45, 2.75) is 37.8 Å². The van der Waals surface area contributed by atoms with Crippen LogP contribution >= 0.6 is 22.6 Å². The highest BCUT2D eigenvalue weighted by Gasteiger charge is 2.23. The first-order valence-electron chi connectivity index (χ1n) is 10.5. The molecular weight excluding hydrogens is 503 g/mol. The van der Waals surface area contributed by atoms with Crippen molar-refractivity contribution in [3.05, 3.63) is 52.1 Å². The minimum atomic E-state index is -0.147. The van der Waals surface area contributed by atoms with Crippen LogP contribution in [0.1, 0.15) is 25.7 Å². The van der Waals surface area contributed by atoms with Crippen LogP contribution in [0.5, 0.6) is 0 Å². The predicted octanol–water partition coefficient (Wildman–Crippen LogP) is 4.85. The molecule has 1 fully saturated rings. The van der Waals surface area contributed by atoms with E-state index in [4.69, 9.17) is 9.97 Å². The second kappa shape index (κ2) is 9.67. The summed E-state index contributed by atoms with van der Waals surface area (Å²) in [6.45, 7) is 0. The van der Waals surface area contributed by atoms with Gasteiger partial charge in [0.05, 0.1) is 5.52 Å². The van der Waals surface area contributed by atoms with E-state index in [-0.39, 0.29) is 12.1 Å². The largest absolute Gasteiger partial charge is 0.362 e. The van der Waals surface area contributed by atoms with Gasteiger partial charge in [-0.2, -0.15) is 4.98 Å². The zero-order valence-electron chi connectivity index (χ0n) is 17.7. The zero-order chi connectivity index (χ0) is 21.8. The van der Waals surface area contributed by atoms with Gasteiger partial charge >= 0.3 is 6.03 Å². The number of benzene rings is 2. The molecule has 2 amide bonds. The molecule has 31 heavy (non-hydrogen) atoms. The Balaban J connectivity index is 1.32. The molecule has 3 aromatic rings. The first kappa shape index (κ1) is 21.6. The first-order chi connectivity index (χ1) is 15.0. The van der Waals surface area contributed by atoms with Gasteiger partial charge in [-0.3, -0.25) is 0 Å². The minimum Gasteiger partial charge on any atom is -0.362 e. The van der Waals surface area contributed by atoms with Crippen LogP contribution in [-0.2, 0) is 0 Å². The smallest absolute Gasteiger partial charge is 0.319 e. The summed E-state index contributed by atoms with van der Waals surface area (Å²) in [7, 11) is 3.99. The predicted molar refractivity (Wildman–Crippen MR) is 135 cm³/mol. The van der Waals surface area contributed by atoms with Crippen molar-refractivity contribution < 1.29 is 4.79 Å². The molecule has 1 aliphatic rings. The Morgan fingerprint density at radius 2 is 1.65 bits per heavy atom. The van der Waals surface area contributed by atoms with Crippen LogP contribution in [-0.4, -0.2) is 42.2 Å². The Kier molecular flexibility index (Phi) is 6.74. The van der Waals surface area contributed by atoms with E-state index in [0.717, 1.165) is 51.7 Å². The van der Waals surface area contributed by atoms with Crippen molar-refractivity contribution in [3.63, 3.8) is 0 Å². The van der Waals surface area contributed by atoms with Crippen LogP contribution < -0.4 is 20.9 Å². The molecule has 8 heteroatoms. The number of para-hydroxylation sites is 1. The molecule has 0 radical (unpaired) electrons. The van der Waals surface area contributed by atoms with Gasteiger partial charge in [0.1, 0.15) is 5.82 Å². The summed E-state index contributed by atoms with van der Waals surface area (Å²) in [5, 5.41) is 10.6. The van der Waals surface area contributed by atoms with Gasteiger partial charge in [-0.25, -0.2) is 9.78 Å². The van der Waals surface area contributed by atoms with Crippen LogP contribution in [0.4, 0.5) is 22.2 Å². The number of nitrogens with one attached hydrogen (secondary N) is 3. The number of carbonyl (C=O) groups excluding carboxylic acids is 1. The number of hydrogen-bond acceptors (Lipinski definition) is 5. The summed E-state index contributed by atoms with van der Waals surface area (Å²) < 4.78 is 1.14. The summed E-state index contributed by atoms with van der Waals surface area (Å²) in [5.41, 5.74) is 1.74. The average Bonchev–Trinajstić information content (AvgIpc) is 2.76. The topological polar surface area (TPSA) is 82.2 Å². The molecule has 7 nitrogen and oxygen atoms in total. The molecule has 3 N–H and O–H groups in total. The Morgan fingerprint density at radius 3 is 2.35 bits per heavy atom. The Hall–Kier alpha value is -2.62. The van der Waals surface area contributed by atoms with E-state index < -0.39 is 0 Å². The van der Waals surface area contributed by atoms with Gasteiger partial charge in [0.2, 0.25) is 5.95 Å². The van der Waals surface area contributed by atoms with Gasteiger partial charge in [0, 0.05) is 40.8 Å². The van der Waals surface area contributed by atoms with E-state index >= 15 is 0 Å². The normalized spacial score (nSPS) is 18.4. The van der Waals surface area contributed by atoms with Crippen LogP contribution in [0.25, 0.3) is 10.9 Å². The van der Waals surface area contributed by atoms with Gasteiger partial charge in [0.25, 0.3) is 0 Å². The van der Waals surface area contributed by atoms with E-state index in [1.165, 1.54) is 0 Å². The number of halogens is 1. The number of urea groups is 1. The number of rotatable bonds is 5. The maximum Gasteiger partial charge on any atom is 0.319 e. The van der Waals surface area contributed by atoms with Crippen molar-refractivity contribution in [1.82, 2.24) is 15.3 Å². The van der Waals surface area contributed by atoms with Gasteiger partial charge < -0.3 is 20.9 Å². The lowest BCUT2D eigenvalue weighted by Gasteiger charge is -2.30. The van der Waals surface area contributed by atoms with Crippen LogP contribution in [0.2, 0.25) is 0 Å². The maximum absolute atomic E-state index is 12.3. The number of amides is 2. The van der Waals surface area contributed by atoms with E-state index in [1.54, 1.807) is 0 Å². The van der Waals surface area contributed by atoms with Crippen LogP contribution in [0.15, 0.2) is 48.5 Å². The second-order valence-corrected chi connectivity index (χ2v) is 9.33. The Labute approximate surface area is 196 Å². The molecule has 0 aliphatic heterocycles. The summed E-state index contributed by atoms with van der Waals surface area (Å²) >= 11 is 2.25. The van der Waals surface area contributed by atoms with Gasteiger partial charge in [0.15, 0.2) is 0 Å². The SMILES string of the molecule is CN(C)c1nc(NC2CCC(NC(=O)Nc3ccc(I)cc3)CC2)nc2ccccc12. The third-order valence-electron chi connectivity index (χ3n) is 5.50. The maximum atomic E-state index is 12.3. The van der Waals surface area contributed by atoms with Crippen molar-refractivity contribution in [2.24, 2.45) is 0 Å². The van der Waals surface area contributed by atoms with Crippen LogP contribution in [0, 0.1) is 3.57 Å². The fraction of sp³-hybridized carbons (Fsp3) is 0.348. The number of aromatic nitrogens is 2. The molecule has 162 valence electrons. The summed E-state index contributed by atoms with van der Waals surface area (Å²) in [6.07, 6.45) is 3.77. The molecule has 0 atom stereocenters. The van der Waals surface area contributed by atoms with E-state index in [1.807, 2.05) is 67.5 Å². The molecule has 0 saturated heterocycles. The third kappa shape index (κ3) is 5.55. The van der Waals surface area contributed by atoms with Gasteiger partial charge in [-0.15, -0.1) is 0 Å². The lowest BCUT2D eigenvalue weighted by molar-refractivity contribution is 0.243. The molecule has 0 spiro atoms. The van der Waals surface area contributed by atoms with E-state index in [0.29, 0.717) is 12.0 Å².